The first-order valence-electron chi connectivity index (χ1n) is 7.16. The topological polar surface area (TPSA) is 24.9 Å². The molecule has 1 aromatic carbocycles. The van der Waals surface area contributed by atoms with Crippen LogP contribution in [0.4, 0.5) is 4.39 Å². The van der Waals surface area contributed by atoms with Crippen LogP contribution in [0.25, 0.3) is 10.6 Å². The number of aromatic nitrogens is 1. The van der Waals surface area contributed by atoms with Gasteiger partial charge in [0, 0.05) is 17.0 Å². The zero-order chi connectivity index (χ0) is 15.4. The summed E-state index contributed by atoms with van der Waals surface area (Å²) in [5, 5.41) is 4.41. The molecule has 1 N–H and O–H groups in total. The minimum absolute atomic E-state index is 0.246. The van der Waals surface area contributed by atoms with Crippen molar-refractivity contribution >= 4 is 27.3 Å². The second kappa shape index (κ2) is 7.47. The number of halogens is 2. The highest BCUT2D eigenvalue weighted by Crippen LogP contribution is 2.31. The lowest BCUT2D eigenvalue weighted by molar-refractivity contribution is 0.553. The molecular formula is C16H20BrFN2S. The summed E-state index contributed by atoms with van der Waals surface area (Å²) in [7, 11) is 0. The summed E-state index contributed by atoms with van der Waals surface area (Å²) < 4.78 is 13.8. The van der Waals surface area contributed by atoms with Gasteiger partial charge in [0.2, 0.25) is 0 Å². The maximum Gasteiger partial charge on any atom is 0.137 e. The molecule has 0 atom stereocenters. The monoisotopic (exact) mass is 370 g/mol. The molecular weight excluding hydrogens is 351 g/mol. The van der Waals surface area contributed by atoms with Gasteiger partial charge in [-0.1, -0.05) is 20.8 Å². The van der Waals surface area contributed by atoms with Crippen LogP contribution in [0.2, 0.25) is 0 Å². The zero-order valence-electron chi connectivity index (χ0n) is 12.5. The van der Waals surface area contributed by atoms with E-state index < -0.39 is 0 Å². The van der Waals surface area contributed by atoms with Crippen molar-refractivity contribution in [3.8, 4) is 10.6 Å². The number of thiazole rings is 1. The number of benzene rings is 1. The van der Waals surface area contributed by atoms with Gasteiger partial charge in [0.05, 0.1) is 10.2 Å². The molecule has 0 fully saturated rings. The number of hydrogen-bond donors (Lipinski definition) is 1. The molecule has 0 saturated carbocycles. The average Bonchev–Trinajstić information content (AvgIpc) is 2.85. The Morgan fingerprint density at radius 1 is 1.38 bits per heavy atom. The second-order valence-electron chi connectivity index (χ2n) is 5.40. The fraction of sp³-hybridized carbons (Fsp3) is 0.438. The number of rotatable bonds is 6. The third kappa shape index (κ3) is 4.34. The Kier molecular flexibility index (Phi) is 5.90. The van der Waals surface area contributed by atoms with Crippen LogP contribution in [0.5, 0.6) is 0 Å². The highest BCUT2D eigenvalue weighted by Gasteiger charge is 2.12. The molecule has 0 aliphatic heterocycles. The minimum atomic E-state index is -0.246. The molecule has 0 spiro atoms. The van der Waals surface area contributed by atoms with Crippen molar-refractivity contribution in [2.24, 2.45) is 5.92 Å². The molecule has 1 heterocycles. The van der Waals surface area contributed by atoms with Crippen molar-refractivity contribution in [3.05, 3.63) is 39.1 Å². The van der Waals surface area contributed by atoms with E-state index in [0.29, 0.717) is 10.4 Å². The van der Waals surface area contributed by atoms with E-state index in [1.54, 1.807) is 23.5 Å². The predicted octanol–water partition coefficient (Wildman–Crippen LogP) is 5.02. The molecule has 0 saturated heterocycles. The van der Waals surface area contributed by atoms with Crippen molar-refractivity contribution in [2.75, 3.05) is 6.54 Å². The Bertz CT molecular complexity index is 610. The van der Waals surface area contributed by atoms with Crippen LogP contribution < -0.4 is 5.32 Å². The van der Waals surface area contributed by atoms with E-state index in [9.17, 15) is 4.39 Å². The summed E-state index contributed by atoms with van der Waals surface area (Å²) in [6.07, 6.45) is 0.914. The van der Waals surface area contributed by atoms with Gasteiger partial charge in [-0.25, -0.2) is 9.37 Å². The highest BCUT2D eigenvalue weighted by atomic mass is 79.9. The van der Waals surface area contributed by atoms with E-state index in [1.165, 1.54) is 10.9 Å². The van der Waals surface area contributed by atoms with E-state index in [4.69, 9.17) is 4.98 Å². The normalized spacial score (nSPS) is 11.3. The number of nitrogens with zero attached hydrogens (tertiary/aromatic N) is 1. The van der Waals surface area contributed by atoms with Gasteiger partial charge >= 0.3 is 0 Å². The van der Waals surface area contributed by atoms with E-state index in [0.717, 1.165) is 35.8 Å². The van der Waals surface area contributed by atoms with Crippen LogP contribution in [0.15, 0.2) is 22.7 Å². The molecule has 2 rings (SSSR count). The summed E-state index contributed by atoms with van der Waals surface area (Å²) in [5.74, 6) is 0.389. The van der Waals surface area contributed by atoms with Crippen LogP contribution in [0.3, 0.4) is 0 Å². The van der Waals surface area contributed by atoms with Crippen molar-refractivity contribution < 1.29 is 4.39 Å². The molecule has 2 nitrogen and oxygen atoms in total. The van der Waals surface area contributed by atoms with Gasteiger partial charge in [0.1, 0.15) is 10.8 Å². The summed E-state index contributed by atoms with van der Waals surface area (Å²) in [4.78, 5) is 5.97. The molecule has 0 unspecified atom stereocenters. The Hall–Kier alpha value is -0.780. The van der Waals surface area contributed by atoms with E-state index in [2.05, 4.69) is 42.0 Å². The van der Waals surface area contributed by atoms with Crippen LogP contribution in [0.1, 0.15) is 31.3 Å². The Labute approximate surface area is 137 Å². The number of nitrogens with one attached hydrogen (secondary N) is 1. The van der Waals surface area contributed by atoms with Crippen molar-refractivity contribution in [2.45, 2.75) is 33.7 Å². The molecule has 5 heteroatoms. The van der Waals surface area contributed by atoms with Gasteiger partial charge < -0.3 is 5.32 Å². The average molecular weight is 371 g/mol. The highest BCUT2D eigenvalue weighted by molar-refractivity contribution is 9.10. The molecule has 114 valence electrons. The van der Waals surface area contributed by atoms with Gasteiger partial charge in [-0.3, -0.25) is 0 Å². The number of aryl methyl sites for hydroxylation is 1. The molecule has 1 aromatic heterocycles. The Morgan fingerprint density at radius 3 is 2.76 bits per heavy atom. The van der Waals surface area contributed by atoms with Crippen molar-refractivity contribution in [1.82, 2.24) is 10.3 Å². The van der Waals surface area contributed by atoms with E-state index in [-0.39, 0.29) is 5.82 Å². The SMILES string of the molecule is CCc1nc(-c2ccc(F)c(Br)c2)sc1CNCC(C)C. The van der Waals surface area contributed by atoms with Crippen LogP contribution in [-0.4, -0.2) is 11.5 Å². The molecule has 0 bridgehead atoms. The first-order chi connectivity index (χ1) is 10.0. The van der Waals surface area contributed by atoms with Gasteiger partial charge in [-0.2, -0.15) is 0 Å². The lowest BCUT2D eigenvalue weighted by atomic mass is 10.2. The molecule has 0 amide bonds. The largest absolute Gasteiger partial charge is 0.312 e. The molecule has 0 radical (unpaired) electrons. The predicted molar refractivity (Wildman–Crippen MR) is 91.1 cm³/mol. The van der Waals surface area contributed by atoms with E-state index >= 15 is 0 Å². The van der Waals surface area contributed by atoms with Gasteiger partial charge in [-0.05, 0) is 53.0 Å². The van der Waals surface area contributed by atoms with Gasteiger partial charge in [0.25, 0.3) is 0 Å². The smallest absolute Gasteiger partial charge is 0.137 e. The van der Waals surface area contributed by atoms with Gasteiger partial charge in [-0.15, -0.1) is 11.3 Å². The van der Waals surface area contributed by atoms with Crippen molar-refractivity contribution in [3.63, 3.8) is 0 Å². The molecule has 0 aliphatic rings. The fourth-order valence-corrected chi connectivity index (χ4v) is 3.52. The first-order valence-corrected chi connectivity index (χ1v) is 8.77. The van der Waals surface area contributed by atoms with Crippen LogP contribution in [-0.2, 0) is 13.0 Å². The minimum Gasteiger partial charge on any atom is -0.312 e. The van der Waals surface area contributed by atoms with Crippen LogP contribution >= 0.6 is 27.3 Å². The summed E-state index contributed by atoms with van der Waals surface area (Å²) >= 11 is 4.92. The summed E-state index contributed by atoms with van der Waals surface area (Å²) in [6, 6.07) is 5.05. The fourth-order valence-electron chi connectivity index (χ4n) is 2.02. The Balaban J connectivity index is 2.21. The van der Waals surface area contributed by atoms with Gasteiger partial charge in [0.15, 0.2) is 0 Å². The first kappa shape index (κ1) is 16.6. The maximum absolute atomic E-state index is 13.3. The second-order valence-corrected chi connectivity index (χ2v) is 7.33. The third-order valence-electron chi connectivity index (χ3n) is 3.12. The summed E-state index contributed by atoms with van der Waals surface area (Å²) in [6.45, 7) is 8.36. The van der Waals surface area contributed by atoms with E-state index in [1.807, 2.05) is 0 Å². The van der Waals surface area contributed by atoms with Crippen molar-refractivity contribution in [1.29, 1.82) is 0 Å². The number of hydrogen-bond acceptors (Lipinski definition) is 3. The standard InChI is InChI=1S/C16H20BrFN2S/c1-4-14-15(9-19-8-10(2)3)21-16(20-14)11-5-6-13(18)12(17)7-11/h5-7,10,19H,4,8-9H2,1-3H3. The lowest BCUT2D eigenvalue weighted by Crippen LogP contribution is -2.18. The molecule has 2 aromatic rings. The molecule has 0 aliphatic carbocycles. The van der Waals surface area contributed by atoms with Crippen LogP contribution in [0, 0.1) is 11.7 Å². The maximum atomic E-state index is 13.3. The lowest BCUT2D eigenvalue weighted by Gasteiger charge is -2.06. The summed E-state index contributed by atoms with van der Waals surface area (Å²) in [5.41, 5.74) is 2.09. The zero-order valence-corrected chi connectivity index (χ0v) is 14.9. The Morgan fingerprint density at radius 2 is 2.14 bits per heavy atom. The molecule has 21 heavy (non-hydrogen) atoms. The third-order valence-corrected chi connectivity index (χ3v) is 4.87. The quantitative estimate of drug-likeness (QED) is 0.771.